The average Bonchev–Trinajstić information content (AvgIpc) is 3.33. The number of amidine groups is 1. The van der Waals surface area contributed by atoms with Crippen molar-refractivity contribution in [3.8, 4) is 17.2 Å². The number of carbonyl (C=O) groups is 1. The predicted molar refractivity (Wildman–Crippen MR) is 146 cm³/mol. The number of amides is 1. The molecule has 1 unspecified atom stereocenters. The number of ether oxygens (including phenoxy) is 3. The molecule has 3 aromatic carbocycles. The molecule has 0 radical (unpaired) electrons. The fraction of sp³-hybridized carbons (Fsp3) is 0.185. The highest BCUT2D eigenvalue weighted by Gasteiger charge is 2.23. The Kier molecular flexibility index (Phi) is 8.27. The number of nitrogens with one attached hydrogen (secondary N) is 3. The molecule has 7 N–H and O–H groups in total. The number of primary amides is 1. The maximum absolute atomic E-state index is 13.0. The van der Waals surface area contributed by atoms with Crippen molar-refractivity contribution in [2.75, 3.05) is 32.8 Å². The molecule has 1 heterocycles. The summed E-state index contributed by atoms with van der Waals surface area (Å²) in [6.45, 7) is 0.754. The first-order valence-electron chi connectivity index (χ1n) is 11.9. The molecule has 1 aromatic heterocycles. The number of hydrogen-bond donors (Lipinski definition) is 5. The minimum Gasteiger partial charge on any atom is -0.493 e. The summed E-state index contributed by atoms with van der Waals surface area (Å²) in [5, 5.41) is 15.5. The Hall–Kier alpha value is -5.10. The Labute approximate surface area is 224 Å². The molecule has 1 amide bonds. The Balaban J connectivity index is 1.78. The molecule has 12 nitrogen and oxygen atoms in total. The second-order valence-corrected chi connectivity index (χ2v) is 8.43. The van der Waals surface area contributed by atoms with Gasteiger partial charge in [-0.05, 0) is 54.1 Å². The van der Waals surface area contributed by atoms with Crippen LogP contribution in [0.1, 0.15) is 33.4 Å². The van der Waals surface area contributed by atoms with E-state index in [1.54, 1.807) is 61.7 Å². The SMILES string of the molecule is COCCOc1ccc(C(Nc2ccc(C(=N)N)cc2)c2nn(-c3ccccc3C(N)=O)c(=O)[nH]2)cc1OC. The summed E-state index contributed by atoms with van der Waals surface area (Å²) in [5.41, 5.74) is 12.9. The summed E-state index contributed by atoms with van der Waals surface area (Å²) in [6, 6.07) is 18.1. The van der Waals surface area contributed by atoms with E-state index in [1.807, 2.05) is 6.07 Å². The number of rotatable bonds is 12. The molecular weight excluding hydrogens is 502 g/mol. The van der Waals surface area contributed by atoms with Gasteiger partial charge < -0.3 is 31.0 Å². The first-order chi connectivity index (χ1) is 18.8. The summed E-state index contributed by atoms with van der Waals surface area (Å²) in [7, 11) is 3.12. The summed E-state index contributed by atoms with van der Waals surface area (Å²) in [6.07, 6.45) is 0. The Morgan fingerprint density at radius 3 is 2.46 bits per heavy atom. The third kappa shape index (κ3) is 6.08. The van der Waals surface area contributed by atoms with Crippen LogP contribution in [0.2, 0.25) is 0 Å². The lowest BCUT2D eigenvalue weighted by molar-refractivity contribution is 0.1000. The maximum atomic E-state index is 13.0. The molecule has 39 heavy (non-hydrogen) atoms. The van der Waals surface area contributed by atoms with Gasteiger partial charge in [0, 0.05) is 18.4 Å². The third-order valence-corrected chi connectivity index (χ3v) is 5.88. The highest BCUT2D eigenvalue weighted by atomic mass is 16.5. The van der Waals surface area contributed by atoms with Crippen LogP contribution in [0.5, 0.6) is 11.5 Å². The third-order valence-electron chi connectivity index (χ3n) is 5.88. The lowest BCUT2D eigenvalue weighted by atomic mass is 10.0. The highest BCUT2D eigenvalue weighted by molar-refractivity contribution is 5.96. The first-order valence-corrected chi connectivity index (χ1v) is 11.9. The van der Waals surface area contributed by atoms with Crippen molar-refractivity contribution in [3.05, 3.63) is 99.7 Å². The van der Waals surface area contributed by atoms with E-state index < -0.39 is 17.6 Å². The number of nitrogens with two attached hydrogens (primary N) is 2. The van der Waals surface area contributed by atoms with Crippen molar-refractivity contribution >= 4 is 17.4 Å². The number of benzene rings is 3. The van der Waals surface area contributed by atoms with Gasteiger partial charge in [-0.3, -0.25) is 15.2 Å². The van der Waals surface area contributed by atoms with Crippen LogP contribution in [0.25, 0.3) is 5.69 Å². The van der Waals surface area contributed by atoms with Crippen LogP contribution in [0.4, 0.5) is 5.69 Å². The van der Waals surface area contributed by atoms with Gasteiger partial charge in [-0.25, -0.2) is 4.79 Å². The molecule has 12 heteroatoms. The standard InChI is InChI=1S/C27H29N7O5/c1-37-13-14-39-21-12-9-17(15-22(21)38-2)23(31-18-10-7-16(8-11-18)24(28)29)26-32-27(36)34(33-26)20-6-4-3-5-19(20)25(30)35/h3-12,15,23,31H,13-14H2,1-2H3,(H3,28,29)(H2,30,35)(H,32,33,36). The number of hydrogen-bond acceptors (Lipinski definition) is 8. The van der Waals surface area contributed by atoms with Crippen LogP contribution in [-0.2, 0) is 4.74 Å². The molecule has 4 aromatic rings. The van der Waals surface area contributed by atoms with Gasteiger partial charge in [0.05, 0.1) is 25.0 Å². The molecule has 0 saturated heterocycles. The number of H-pyrrole nitrogens is 1. The van der Waals surface area contributed by atoms with Crippen molar-refractivity contribution in [1.29, 1.82) is 5.41 Å². The number of aromatic amines is 1. The molecule has 1 atom stereocenters. The predicted octanol–water partition coefficient (Wildman–Crippen LogP) is 2.18. The van der Waals surface area contributed by atoms with Gasteiger partial charge in [0.1, 0.15) is 18.5 Å². The van der Waals surface area contributed by atoms with Gasteiger partial charge in [-0.15, -0.1) is 5.10 Å². The van der Waals surface area contributed by atoms with Crippen LogP contribution < -0.4 is 31.9 Å². The van der Waals surface area contributed by atoms with Crippen LogP contribution in [0.15, 0.2) is 71.5 Å². The number of aromatic nitrogens is 3. The summed E-state index contributed by atoms with van der Waals surface area (Å²) < 4.78 is 17.5. The minimum absolute atomic E-state index is 0.0527. The highest BCUT2D eigenvalue weighted by Crippen LogP contribution is 2.33. The number of anilines is 1. The van der Waals surface area contributed by atoms with Gasteiger partial charge in [-0.2, -0.15) is 4.68 Å². The fourth-order valence-electron chi connectivity index (χ4n) is 3.94. The van der Waals surface area contributed by atoms with Crippen molar-refractivity contribution in [2.24, 2.45) is 11.5 Å². The topological polar surface area (TPSA) is 183 Å². The van der Waals surface area contributed by atoms with E-state index >= 15 is 0 Å². The molecule has 0 aliphatic carbocycles. The molecule has 0 fully saturated rings. The van der Waals surface area contributed by atoms with Crippen molar-refractivity contribution in [3.63, 3.8) is 0 Å². The summed E-state index contributed by atoms with van der Waals surface area (Å²) >= 11 is 0. The zero-order valence-electron chi connectivity index (χ0n) is 21.4. The number of carbonyl (C=O) groups excluding carboxylic acids is 1. The summed E-state index contributed by atoms with van der Waals surface area (Å²) in [5.74, 6) is 0.532. The van der Waals surface area contributed by atoms with Crippen molar-refractivity contribution in [1.82, 2.24) is 14.8 Å². The summed E-state index contributed by atoms with van der Waals surface area (Å²) in [4.78, 5) is 27.8. The molecule has 0 aliphatic rings. The number of methoxy groups -OCH3 is 2. The molecule has 4 rings (SSSR count). The average molecular weight is 532 g/mol. The largest absolute Gasteiger partial charge is 0.493 e. The Morgan fingerprint density at radius 1 is 1.05 bits per heavy atom. The smallest absolute Gasteiger partial charge is 0.348 e. The van der Waals surface area contributed by atoms with Crippen LogP contribution in [0, 0.1) is 5.41 Å². The minimum atomic E-state index is -0.684. The van der Waals surface area contributed by atoms with Crippen molar-refractivity contribution < 1.29 is 19.0 Å². The van der Waals surface area contributed by atoms with Gasteiger partial charge in [-0.1, -0.05) is 18.2 Å². The zero-order valence-corrected chi connectivity index (χ0v) is 21.4. The quantitative estimate of drug-likeness (QED) is 0.105. The fourth-order valence-corrected chi connectivity index (χ4v) is 3.94. The normalized spacial score (nSPS) is 11.5. The van der Waals surface area contributed by atoms with E-state index in [4.69, 9.17) is 31.1 Å². The van der Waals surface area contributed by atoms with E-state index in [2.05, 4.69) is 15.4 Å². The molecule has 0 bridgehead atoms. The van der Waals surface area contributed by atoms with Crippen LogP contribution in [-0.4, -0.2) is 53.9 Å². The lowest BCUT2D eigenvalue weighted by Crippen LogP contribution is -2.21. The number of nitrogen functional groups attached to an aromatic ring is 1. The Bertz CT molecular complexity index is 1530. The van der Waals surface area contributed by atoms with Crippen LogP contribution >= 0.6 is 0 Å². The van der Waals surface area contributed by atoms with E-state index in [1.165, 1.54) is 13.2 Å². The Morgan fingerprint density at radius 2 is 1.79 bits per heavy atom. The molecule has 0 aliphatic heterocycles. The molecular formula is C27H29N7O5. The number of nitrogens with zero attached hydrogens (tertiary/aromatic N) is 2. The van der Waals surface area contributed by atoms with E-state index in [9.17, 15) is 9.59 Å². The maximum Gasteiger partial charge on any atom is 0.348 e. The van der Waals surface area contributed by atoms with E-state index in [0.717, 1.165) is 4.68 Å². The van der Waals surface area contributed by atoms with Gasteiger partial charge in [0.15, 0.2) is 17.3 Å². The van der Waals surface area contributed by atoms with Crippen LogP contribution in [0.3, 0.4) is 0 Å². The van der Waals surface area contributed by atoms with Gasteiger partial charge >= 0.3 is 5.69 Å². The first kappa shape index (κ1) is 26.9. The molecule has 202 valence electrons. The van der Waals surface area contributed by atoms with E-state index in [0.29, 0.717) is 41.5 Å². The van der Waals surface area contributed by atoms with Gasteiger partial charge in [0.25, 0.3) is 5.91 Å². The monoisotopic (exact) mass is 531 g/mol. The lowest BCUT2D eigenvalue weighted by Gasteiger charge is -2.20. The second-order valence-electron chi connectivity index (χ2n) is 8.43. The second kappa shape index (κ2) is 12.0. The molecule has 0 spiro atoms. The van der Waals surface area contributed by atoms with E-state index in [-0.39, 0.29) is 22.9 Å². The van der Waals surface area contributed by atoms with Crippen molar-refractivity contribution in [2.45, 2.75) is 6.04 Å². The zero-order chi connectivity index (χ0) is 27.9. The van der Waals surface area contributed by atoms with Gasteiger partial charge in [0.2, 0.25) is 0 Å². The number of para-hydroxylation sites is 1. The molecule has 0 saturated carbocycles.